The summed E-state index contributed by atoms with van der Waals surface area (Å²) in [7, 11) is 1.65. The first-order valence-corrected chi connectivity index (χ1v) is 7.62. The number of aryl methyl sites for hydroxylation is 2. The molecule has 1 unspecified atom stereocenters. The molecule has 2 N–H and O–H groups in total. The number of rotatable bonds is 6. The van der Waals surface area contributed by atoms with Crippen LogP contribution in [-0.4, -0.2) is 16.9 Å². The van der Waals surface area contributed by atoms with Gasteiger partial charge in [0.05, 0.1) is 23.5 Å². The second kappa shape index (κ2) is 6.96. The zero-order chi connectivity index (χ0) is 15.4. The fraction of sp³-hybridized carbons (Fsp3) is 0.438. The minimum atomic E-state index is -0.111. The van der Waals surface area contributed by atoms with Crippen molar-refractivity contribution in [1.82, 2.24) is 9.78 Å². The van der Waals surface area contributed by atoms with E-state index in [2.05, 4.69) is 18.9 Å². The number of benzene rings is 1. The maximum absolute atomic E-state index is 6.43. The summed E-state index contributed by atoms with van der Waals surface area (Å²) in [6.07, 6.45) is 1.50. The van der Waals surface area contributed by atoms with Gasteiger partial charge >= 0.3 is 0 Å². The first-order chi connectivity index (χ1) is 10.1. The maximum Gasteiger partial charge on any atom is 0.118 e. The Hall–Kier alpha value is -1.52. The molecule has 1 aromatic heterocycles. The van der Waals surface area contributed by atoms with Gasteiger partial charge in [0.15, 0.2) is 0 Å². The van der Waals surface area contributed by atoms with E-state index in [9.17, 15) is 0 Å². The Labute approximate surface area is 130 Å². The average Bonchev–Trinajstić information content (AvgIpc) is 2.83. The number of nitrogens with zero attached hydrogens (tertiary/aromatic N) is 2. The summed E-state index contributed by atoms with van der Waals surface area (Å²) in [4.78, 5) is 0. The standard InChI is InChI=1S/C16H22ClN3O/c1-4-14-16(17)15(20(5-2)19-14)10-13(18)11-6-8-12(21-3)9-7-11/h6-9,13H,4-5,10,18H2,1-3H3. The highest BCUT2D eigenvalue weighted by Crippen LogP contribution is 2.26. The van der Waals surface area contributed by atoms with E-state index in [1.807, 2.05) is 28.9 Å². The molecule has 0 amide bonds. The van der Waals surface area contributed by atoms with Gasteiger partial charge in [0.1, 0.15) is 5.75 Å². The van der Waals surface area contributed by atoms with E-state index in [0.717, 1.165) is 40.7 Å². The molecule has 114 valence electrons. The normalized spacial score (nSPS) is 12.4. The van der Waals surface area contributed by atoms with Gasteiger partial charge in [-0.1, -0.05) is 30.7 Å². The van der Waals surface area contributed by atoms with Crippen LogP contribution < -0.4 is 10.5 Å². The van der Waals surface area contributed by atoms with Gasteiger partial charge in [-0.15, -0.1) is 0 Å². The summed E-state index contributed by atoms with van der Waals surface area (Å²) < 4.78 is 7.11. The Balaban J connectivity index is 2.22. The topological polar surface area (TPSA) is 53.1 Å². The lowest BCUT2D eigenvalue weighted by Crippen LogP contribution is -2.16. The van der Waals surface area contributed by atoms with Crippen molar-refractivity contribution in [3.63, 3.8) is 0 Å². The number of aromatic nitrogens is 2. The molecule has 0 spiro atoms. The Morgan fingerprint density at radius 2 is 1.95 bits per heavy atom. The second-order valence-corrected chi connectivity index (χ2v) is 5.34. The van der Waals surface area contributed by atoms with Crippen LogP contribution in [0.3, 0.4) is 0 Å². The van der Waals surface area contributed by atoms with Gasteiger partial charge in [0.25, 0.3) is 0 Å². The molecule has 2 rings (SSSR count). The summed E-state index contributed by atoms with van der Waals surface area (Å²) in [5.41, 5.74) is 9.34. The van der Waals surface area contributed by atoms with Crippen LogP contribution in [-0.2, 0) is 19.4 Å². The van der Waals surface area contributed by atoms with Gasteiger partial charge in [-0.25, -0.2) is 0 Å². The quantitative estimate of drug-likeness (QED) is 0.890. The first kappa shape index (κ1) is 15.9. The summed E-state index contributed by atoms with van der Waals surface area (Å²) in [6, 6.07) is 7.71. The minimum absolute atomic E-state index is 0.111. The number of nitrogens with two attached hydrogens (primary N) is 1. The number of halogens is 1. The van der Waals surface area contributed by atoms with Crippen molar-refractivity contribution in [2.45, 2.75) is 39.3 Å². The minimum Gasteiger partial charge on any atom is -0.497 e. The zero-order valence-corrected chi connectivity index (χ0v) is 13.5. The lowest BCUT2D eigenvalue weighted by molar-refractivity contribution is 0.414. The third kappa shape index (κ3) is 3.39. The molecule has 0 aliphatic carbocycles. The molecule has 0 fully saturated rings. The molecular formula is C16H22ClN3O. The Morgan fingerprint density at radius 3 is 2.48 bits per heavy atom. The summed E-state index contributed by atoms with van der Waals surface area (Å²) in [5, 5.41) is 5.28. The van der Waals surface area contributed by atoms with Crippen LogP contribution in [0.25, 0.3) is 0 Å². The van der Waals surface area contributed by atoms with Gasteiger partial charge < -0.3 is 10.5 Å². The van der Waals surface area contributed by atoms with Crippen molar-refractivity contribution in [2.75, 3.05) is 7.11 Å². The molecule has 0 bridgehead atoms. The summed E-state index contributed by atoms with van der Waals surface area (Å²) in [6.45, 7) is 4.91. The van der Waals surface area contributed by atoms with Crippen molar-refractivity contribution in [1.29, 1.82) is 0 Å². The Morgan fingerprint density at radius 1 is 1.29 bits per heavy atom. The van der Waals surface area contributed by atoms with Crippen molar-refractivity contribution in [3.05, 3.63) is 46.2 Å². The molecule has 21 heavy (non-hydrogen) atoms. The number of hydrogen-bond acceptors (Lipinski definition) is 3. The van der Waals surface area contributed by atoms with Crippen LogP contribution in [0.4, 0.5) is 0 Å². The molecule has 0 aliphatic heterocycles. The molecule has 1 heterocycles. The smallest absolute Gasteiger partial charge is 0.118 e. The van der Waals surface area contributed by atoms with E-state index in [1.54, 1.807) is 7.11 Å². The highest BCUT2D eigenvalue weighted by atomic mass is 35.5. The SMILES string of the molecule is CCc1nn(CC)c(CC(N)c2ccc(OC)cc2)c1Cl. The number of methoxy groups -OCH3 is 1. The third-order valence-electron chi connectivity index (χ3n) is 3.65. The van der Waals surface area contributed by atoms with Crippen LogP contribution in [0, 0.1) is 0 Å². The molecule has 0 saturated heterocycles. The molecule has 0 radical (unpaired) electrons. The lowest BCUT2D eigenvalue weighted by atomic mass is 10.0. The molecule has 1 atom stereocenters. The average molecular weight is 308 g/mol. The highest BCUT2D eigenvalue weighted by molar-refractivity contribution is 6.31. The predicted molar refractivity (Wildman–Crippen MR) is 85.9 cm³/mol. The van der Waals surface area contributed by atoms with Gasteiger partial charge in [0, 0.05) is 19.0 Å². The van der Waals surface area contributed by atoms with Gasteiger partial charge in [-0.3, -0.25) is 4.68 Å². The van der Waals surface area contributed by atoms with Crippen LogP contribution in [0.2, 0.25) is 5.02 Å². The molecule has 5 heteroatoms. The molecule has 2 aromatic rings. The van der Waals surface area contributed by atoms with Gasteiger partial charge in [0.2, 0.25) is 0 Å². The van der Waals surface area contributed by atoms with E-state index in [0.29, 0.717) is 6.42 Å². The van der Waals surface area contributed by atoms with Gasteiger partial charge in [-0.05, 0) is 31.0 Å². The monoisotopic (exact) mass is 307 g/mol. The van der Waals surface area contributed by atoms with E-state index < -0.39 is 0 Å². The van der Waals surface area contributed by atoms with Crippen LogP contribution in [0.5, 0.6) is 5.75 Å². The van der Waals surface area contributed by atoms with Crippen molar-refractivity contribution >= 4 is 11.6 Å². The highest BCUT2D eigenvalue weighted by Gasteiger charge is 2.17. The fourth-order valence-electron chi connectivity index (χ4n) is 2.39. The van der Waals surface area contributed by atoms with Gasteiger partial charge in [-0.2, -0.15) is 5.10 Å². The van der Waals surface area contributed by atoms with Crippen LogP contribution >= 0.6 is 11.6 Å². The number of ether oxygens (including phenoxy) is 1. The molecule has 4 nitrogen and oxygen atoms in total. The van der Waals surface area contributed by atoms with E-state index in [-0.39, 0.29) is 6.04 Å². The molecule has 0 saturated carbocycles. The predicted octanol–water partition coefficient (Wildman–Crippen LogP) is 3.37. The zero-order valence-electron chi connectivity index (χ0n) is 12.8. The summed E-state index contributed by atoms with van der Waals surface area (Å²) in [5.74, 6) is 0.829. The van der Waals surface area contributed by atoms with E-state index in [1.165, 1.54) is 0 Å². The third-order valence-corrected chi connectivity index (χ3v) is 4.09. The first-order valence-electron chi connectivity index (χ1n) is 7.24. The molecular weight excluding hydrogens is 286 g/mol. The van der Waals surface area contributed by atoms with Crippen molar-refractivity contribution in [3.8, 4) is 5.75 Å². The van der Waals surface area contributed by atoms with E-state index in [4.69, 9.17) is 22.1 Å². The maximum atomic E-state index is 6.43. The largest absolute Gasteiger partial charge is 0.497 e. The Bertz CT molecular complexity index is 592. The summed E-state index contributed by atoms with van der Waals surface area (Å²) >= 11 is 6.43. The number of hydrogen-bond donors (Lipinski definition) is 1. The van der Waals surface area contributed by atoms with Crippen LogP contribution in [0.1, 0.15) is 36.8 Å². The molecule has 1 aromatic carbocycles. The van der Waals surface area contributed by atoms with Crippen molar-refractivity contribution in [2.24, 2.45) is 5.73 Å². The fourth-order valence-corrected chi connectivity index (χ4v) is 2.74. The second-order valence-electron chi connectivity index (χ2n) is 4.96. The Kier molecular flexibility index (Phi) is 5.26. The van der Waals surface area contributed by atoms with E-state index >= 15 is 0 Å². The lowest BCUT2D eigenvalue weighted by Gasteiger charge is -2.14. The van der Waals surface area contributed by atoms with Crippen LogP contribution in [0.15, 0.2) is 24.3 Å². The molecule has 0 aliphatic rings. The van der Waals surface area contributed by atoms with Crippen molar-refractivity contribution < 1.29 is 4.74 Å².